The summed E-state index contributed by atoms with van der Waals surface area (Å²) in [6.45, 7) is 0.202. The molecule has 0 spiro atoms. The molecule has 0 heterocycles. The van der Waals surface area contributed by atoms with E-state index in [0.717, 1.165) is 24.0 Å². The molecule has 4 heteroatoms. The Morgan fingerprint density at radius 2 is 2.14 bits per heavy atom. The summed E-state index contributed by atoms with van der Waals surface area (Å²) in [6, 6.07) is 11.7. The minimum absolute atomic E-state index is 0.202. The lowest BCUT2D eigenvalue weighted by atomic mass is 10.1. The van der Waals surface area contributed by atoms with Gasteiger partial charge in [0.05, 0.1) is 17.7 Å². The molecule has 1 aliphatic carbocycles. The Labute approximate surface area is 122 Å². The Morgan fingerprint density at radius 1 is 1.29 bits per heavy atom. The number of aryl methyl sites for hydroxylation is 1. The van der Waals surface area contributed by atoms with Crippen LogP contribution < -0.4 is 4.74 Å². The number of benzene rings is 2. The van der Waals surface area contributed by atoms with Gasteiger partial charge in [0.1, 0.15) is 18.2 Å². The second-order valence-electron chi connectivity index (χ2n) is 5.16. The van der Waals surface area contributed by atoms with Crippen molar-refractivity contribution in [2.24, 2.45) is 0 Å². The Hall–Kier alpha value is -2.38. The molecule has 0 saturated heterocycles. The number of halogens is 1. The zero-order valence-electron chi connectivity index (χ0n) is 11.3. The van der Waals surface area contributed by atoms with Crippen LogP contribution >= 0.6 is 0 Å². The number of aliphatic hydroxyl groups excluding tert-OH is 1. The molecular formula is C17H14FNO2. The van der Waals surface area contributed by atoms with E-state index in [1.54, 1.807) is 12.1 Å². The number of rotatable bonds is 3. The van der Waals surface area contributed by atoms with Crippen molar-refractivity contribution in [1.29, 1.82) is 5.26 Å². The van der Waals surface area contributed by atoms with Crippen molar-refractivity contribution in [2.75, 3.05) is 0 Å². The Balaban J connectivity index is 1.74. The van der Waals surface area contributed by atoms with Gasteiger partial charge in [0, 0.05) is 0 Å². The lowest BCUT2D eigenvalue weighted by Crippen LogP contribution is -1.98. The van der Waals surface area contributed by atoms with Crippen LogP contribution in [0.5, 0.6) is 5.75 Å². The van der Waals surface area contributed by atoms with Gasteiger partial charge in [0.15, 0.2) is 0 Å². The van der Waals surface area contributed by atoms with Crippen molar-refractivity contribution in [3.63, 3.8) is 0 Å². The van der Waals surface area contributed by atoms with Crippen LogP contribution in [0.1, 0.15) is 34.8 Å². The monoisotopic (exact) mass is 283 g/mol. The second kappa shape index (κ2) is 5.55. The van der Waals surface area contributed by atoms with Crippen molar-refractivity contribution < 1.29 is 14.2 Å². The highest BCUT2D eigenvalue weighted by Crippen LogP contribution is 2.33. The Morgan fingerprint density at radius 3 is 2.95 bits per heavy atom. The van der Waals surface area contributed by atoms with Gasteiger partial charge in [-0.15, -0.1) is 0 Å². The molecule has 2 aromatic rings. The molecule has 0 saturated carbocycles. The number of hydrogen-bond acceptors (Lipinski definition) is 3. The minimum Gasteiger partial charge on any atom is -0.489 e. The first-order chi connectivity index (χ1) is 10.2. The van der Waals surface area contributed by atoms with Gasteiger partial charge >= 0.3 is 0 Å². The molecule has 0 bridgehead atoms. The SMILES string of the molecule is N#Cc1cc(F)cc(COc2ccc3c(c2)CCC3O)c1. The van der Waals surface area contributed by atoms with Crippen molar-refractivity contribution in [3.8, 4) is 11.8 Å². The van der Waals surface area contributed by atoms with Gasteiger partial charge in [-0.05, 0) is 59.9 Å². The van der Waals surface area contributed by atoms with E-state index in [9.17, 15) is 9.50 Å². The van der Waals surface area contributed by atoms with E-state index in [1.807, 2.05) is 18.2 Å². The Kier molecular flexibility index (Phi) is 3.59. The van der Waals surface area contributed by atoms with Crippen molar-refractivity contribution >= 4 is 0 Å². The molecule has 3 nitrogen and oxygen atoms in total. The van der Waals surface area contributed by atoms with E-state index in [2.05, 4.69) is 0 Å². The third kappa shape index (κ3) is 2.88. The van der Waals surface area contributed by atoms with Crippen LogP contribution in [-0.4, -0.2) is 5.11 Å². The molecule has 0 fully saturated rings. The van der Waals surface area contributed by atoms with Crippen molar-refractivity contribution in [1.82, 2.24) is 0 Å². The summed E-state index contributed by atoms with van der Waals surface area (Å²) in [5.41, 5.74) is 2.95. The van der Waals surface area contributed by atoms with Gasteiger partial charge < -0.3 is 9.84 Å². The molecule has 106 valence electrons. The molecule has 1 N–H and O–H groups in total. The molecular weight excluding hydrogens is 269 g/mol. The Bertz CT molecular complexity index is 721. The summed E-state index contributed by atoms with van der Waals surface area (Å²) >= 11 is 0. The summed E-state index contributed by atoms with van der Waals surface area (Å²) in [7, 11) is 0. The van der Waals surface area contributed by atoms with E-state index in [4.69, 9.17) is 10.00 Å². The molecule has 0 amide bonds. The minimum atomic E-state index is -0.440. The first kappa shape index (κ1) is 13.6. The van der Waals surface area contributed by atoms with E-state index in [1.165, 1.54) is 12.1 Å². The zero-order valence-corrected chi connectivity index (χ0v) is 11.3. The average Bonchev–Trinajstić information content (AvgIpc) is 2.85. The molecule has 0 aliphatic heterocycles. The van der Waals surface area contributed by atoms with E-state index >= 15 is 0 Å². The molecule has 1 atom stereocenters. The van der Waals surface area contributed by atoms with E-state index < -0.39 is 5.82 Å². The fourth-order valence-electron chi connectivity index (χ4n) is 2.63. The molecule has 3 rings (SSSR count). The highest BCUT2D eigenvalue weighted by Gasteiger charge is 2.20. The van der Waals surface area contributed by atoms with Crippen molar-refractivity contribution in [2.45, 2.75) is 25.6 Å². The predicted octanol–water partition coefficient (Wildman–Crippen LogP) is 3.26. The van der Waals surface area contributed by atoms with Gasteiger partial charge in [-0.2, -0.15) is 5.26 Å². The summed E-state index contributed by atoms with van der Waals surface area (Å²) in [5.74, 6) is 0.246. The lowest BCUT2D eigenvalue weighted by molar-refractivity contribution is 0.180. The maximum absolute atomic E-state index is 13.3. The molecule has 0 aromatic heterocycles. The van der Waals surface area contributed by atoms with Gasteiger partial charge in [-0.1, -0.05) is 6.07 Å². The van der Waals surface area contributed by atoms with Gasteiger partial charge in [-0.3, -0.25) is 0 Å². The average molecular weight is 283 g/mol. The summed E-state index contributed by atoms with van der Waals surface area (Å²) in [6.07, 6.45) is 1.20. The summed E-state index contributed by atoms with van der Waals surface area (Å²) in [5, 5.41) is 18.6. The first-order valence-electron chi connectivity index (χ1n) is 6.79. The van der Waals surface area contributed by atoms with Gasteiger partial charge in [0.25, 0.3) is 0 Å². The van der Waals surface area contributed by atoms with Crippen LogP contribution in [0.3, 0.4) is 0 Å². The van der Waals surface area contributed by atoms with E-state index in [0.29, 0.717) is 11.3 Å². The van der Waals surface area contributed by atoms with Crippen LogP contribution in [0.15, 0.2) is 36.4 Å². The third-order valence-electron chi connectivity index (χ3n) is 3.65. The highest BCUT2D eigenvalue weighted by molar-refractivity contribution is 5.40. The van der Waals surface area contributed by atoms with Crippen LogP contribution in [0.4, 0.5) is 4.39 Å². The van der Waals surface area contributed by atoms with Crippen LogP contribution in [0.25, 0.3) is 0 Å². The smallest absolute Gasteiger partial charge is 0.124 e. The zero-order chi connectivity index (χ0) is 14.8. The van der Waals surface area contributed by atoms with Crippen LogP contribution in [0, 0.1) is 17.1 Å². The lowest BCUT2D eigenvalue weighted by Gasteiger charge is -2.09. The number of aliphatic hydroxyl groups is 1. The standard InChI is InChI=1S/C17H14FNO2/c18-14-6-11(9-19)5-12(7-14)10-21-15-2-3-16-13(8-15)1-4-17(16)20/h2-3,5-8,17,20H,1,4,10H2. The number of nitriles is 1. The van der Waals surface area contributed by atoms with E-state index in [-0.39, 0.29) is 18.3 Å². The molecule has 0 radical (unpaired) electrons. The van der Waals surface area contributed by atoms with Crippen molar-refractivity contribution in [3.05, 3.63) is 64.5 Å². The maximum atomic E-state index is 13.3. The molecule has 1 aliphatic rings. The largest absolute Gasteiger partial charge is 0.489 e. The second-order valence-corrected chi connectivity index (χ2v) is 5.16. The topological polar surface area (TPSA) is 53.2 Å². The predicted molar refractivity (Wildman–Crippen MR) is 75.2 cm³/mol. The molecule has 1 unspecified atom stereocenters. The third-order valence-corrected chi connectivity index (χ3v) is 3.65. The fraction of sp³-hybridized carbons (Fsp3) is 0.235. The molecule has 21 heavy (non-hydrogen) atoms. The maximum Gasteiger partial charge on any atom is 0.124 e. The number of fused-ring (bicyclic) bond motifs is 1. The summed E-state index contributed by atoms with van der Waals surface area (Å²) in [4.78, 5) is 0. The first-order valence-corrected chi connectivity index (χ1v) is 6.79. The van der Waals surface area contributed by atoms with Gasteiger partial charge in [0.2, 0.25) is 0 Å². The fourth-order valence-corrected chi connectivity index (χ4v) is 2.63. The quantitative estimate of drug-likeness (QED) is 0.940. The van der Waals surface area contributed by atoms with Gasteiger partial charge in [-0.25, -0.2) is 4.39 Å². The summed E-state index contributed by atoms with van der Waals surface area (Å²) < 4.78 is 19.0. The number of hydrogen-bond donors (Lipinski definition) is 1. The van der Waals surface area contributed by atoms with Crippen LogP contribution in [0.2, 0.25) is 0 Å². The molecule has 2 aromatic carbocycles. The number of nitrogens with zero attached hydrogens (tertiary/aromatic N) is 1. The normalized spacial score (nSPS) is 16.3. The number of ether oxygens (including phenoxy) is 1. The highest BCUT2D eigenvalue weighted by atomic mass is 19.1. The van der Waals surface area contributed by atoms with Crippen LogP contribution in [-0.2, 0) is 13.0 Å².